The molecule has 0 saturated heterocycles. The van der Waals surface area contributed by atoms with Crippen molar-refractivity contribution in [2.75, 3.05) is 0 Å². The van der Waals surface area contributed by atoms with Gasteiger partial charge in [-0.15, -0.1) is 0 Å². The fourth-order valence-electron chi connectivity index (χ4n) is 4.61. The van der Waals surface area contributed by atoms with Gasteiger partial charge in [-0.1, -0.05) is 42.5 Å². The van der Waals surface area contributed by atoms with Gasteiger partial charge in [-0.05, 0) is 29.8 Å². The van der Waals surface area contributed by atoms with Crippen molar-refractivity contribution in [2.24, 2.45) is 0 Å². The first-order valence-electron chi connectivity index (χ1n) is 9.68. The summed E-state index contributed by atoms with van der Waals surface area (Å²) >= 11 is 0. The molecular weight excluding hydrogens is 378 g/mol. The van der Waals surface area contributed by atoms with Crippen molar-refractivity contribution in [1.29, 1.82) is 0 Å². The molecule has 2 aliphatic heterocycles. The van der Waals surface area contributed by atoms with Crippen LogP contribution in [0.2, 0.25) is 0 Å². The van der Waals surface area contributed by atoms with E-state index >= 15 is 0 Å². The number of ether oxygens (including phenoxy) is 2. The van der Waals surface area contributed by atoms with E-state index in [9.17, 15) is 9.59 Å². The summed E-state index contributed by atoms with van der Waals surface area (Å²) in [4.78, 5) is 30.0. The summed E-state index contributed by atoms with van der Waals surface area (Å²) in [6.07, 6.45) is 3.33. The number of hydrogen-bond donors (Lipinski definition) is 0. The number of carbonyl (C=O) groups is 2. The van der Waals surface area contributed by atoms with Crippen LogP contribution in [0.1, 0.15) is 33.6 Å². The number of para-hydroxylation sites is 1. The Kier molecular flexibility index (Phi) is 3.39. The van der Waals surface area contributed by atoms with Crippen LogP contribution < -0.4 is 4.74 Å². The second-order valence-corrected chi connectivity index (χ2v) is 7.43. The zero-order valence-corrected chi connectivity index (χ0v) is 15.8. The summed E-state index contributed by atoms with van der Waals surface area (Å²) in [5, 5.41) is 0. The highest BCUT2D eigenvalue weighted by atomic mass is 16.6. The molecule has 0 saturated carbocycles. The standard InChI is InChI=1S/C25H15NO4/c27-15-13-17(20-10-5-6-12-26-20)23-22(14-15)29-21-11-4-3-9-19(21)25(23)18-8-2-1-7-16(18)24(28)30-25/h1-12,14H,13H2. The molecule has 1 unspecified atom stereocenters. The highest BCUT2D eigenvalue weighted by Gasteiger charge is 2.56. The maximum Gasteiger partial charge on any atom is 0.340 e. The Morgan fingerprint density at radius 1 is 0.867 bits per heavy atom. The van der Waals surface area contributed by atoms with E-state index in [-0.39, 0.29) is 12.2 Å². The Balaban J connectivity index is 1.77. The van der Waals surface area contributed by atoms with E-state index in [0.29, 0.717) is 33.9 Å². The lowest BCUT2D eigenvalue weighted by molar-refractivity contribution is -0.113. The van der Waals surface area contributed by atoms with Crippen LogP contribution >= 0.6 is 0 Å². The second-order valence-electron chi connectivity index (χ2n) is 7.43. The van der Waals surface area contributed by atoms with Gasteiger partial charge in [0.05, 0.1) is 16.8 Å². The molecule has 1 spiro atoms. The molecule has 1 aliphatic carbocycles. The van der Waals surface area contributed by atoms with E-state index in [1.165, 1.54) is 6.08 Å². The third-order valence-electron chi connectivity index (χ3n) is 5.78. The lowest BCUT2D eigenvalue weighted by Gasteiger charge is -2.40. The lowest BCUT2D eigenvalue weighted by Crippen LogP contribution is -2.38. The molecule has 0 radical (unpaired) electrons. The van der Waals surface area contributed by atoms with Crippen molar-refractivity contribution in [2.45, 2.75) is 12.0 Å². The van der Waals surface area contributed by atoms with Crippen LogP contribution in [-0.2, 0) is 15.1 Å². The Morgan fingerprint density at radius 3 is 2.47 bits per heavy atom. The van der Waals surface area contributed by atoms with E-state index in [0.717, 1.165) is 11.1 Å². The van der Waals surface area contributed by atoms with Crippen LogP contribution in [0.15, 0.2) is 90.3 Å². The van der Waals surface area contributed by atoms with Gasteiger partial charge in [0.1, 0.15) is 11.5 Å². The molecule has 0 bridgehead atoms. The van der Waals surface area contributed by atoms with Crippen LogP contribution in [0.5, 0.6) is 5.75 Å². The summed E-state index contributed by atoms with van der Waals surface area (Å²) < 4.78 is 12.3. The minimum absolute atomic E-state index is 0.0819. The molecule has 0 fully saturated rings. The molecule has 0 N–H and O–H groups in total. The van der Waals surface area contributed by atoms with Crippen molar-refractivity contribution in [1.82, 2.24) is 4.98 Å². The van der Waals surface area contributed by atoms with Gasteiger partial charge in [0, 0.05) is 29.8 Å². The number of esters is 1. The van der Waals surface area contributed by atoms with Crippen molar-refractivity contribution in [3.8, 4) is 5.75 Å². The highest BCUT2D eigenvalue weighted by molar-refractivity contribution is 6.05. The van der Waals surface area contributed by atoms with Crippen molar-refractivity contribution >= 4 is 17.3 Å². The first-order chi connectivity index (χ1) is 14.7. The molecule has 144 valence electrons. The van der Waals surface area contributed by atoms with Crippen LogP contribution in [0.4, 0.5) is 0 Å². The fourth-order valence-corrected chi connectivity index (χ4v) is 4.61. The SMILES string of the molecule is O=C1C=C2Oc3ccccc3C3(OC(=O)c4ccccc43)C2=C(c2ccccn2)C1. The normalized spacial score (nSPS) is 21.4. The Morgan fingerprint density at radius 2 is 1.63 bits per heavy atom. The maximum absolute atomic E-state index is 12.9. The third kappa shape index (κ3) is 2.14. The molecule has 2 aromatic carbocycles. The molecule has 1 aromatic heterocycles. The number of benzene rings is 2. The van der Waals surface area contributed by atoms with E-state index in [1.54, 1.807) is 12.3 Å². The molecule has 3 heterocycles. The van der Waals surface area contributed by atoms with Gasteiger partial charge in [0.2, 0.25) is 0 Å². The van der Waals surface area contributed by atoms with Gasteiger partial charge in [-0.2, -0.15) is 0 Å². The van der Waals surface area contributed by atoms with E-state index < -0.39 is 11.6 Å². The number of nitrogens with zero attached hydrogens (tertiary/aromatic N) is 1. The zero-order chi connectivity index (χ0) is 20.3. The summed E-state index contributed by atoms with van der Waals surface area (Å²) in [5.41, 5.74) is 2.83. The number of fused-ring (bicyclic) bond motifs is 6. The summed E-state index contributed by atoms with van der Waals surface area (Å²) in [6, 6.07) is 20.4. The molecule has 5 heteroatoms. The first-order valence-corrected chi connectivity index (χ1v) is 9.68. The fraction of sp³-hybridized carbons (Fsp3) is 0.0800. The van der Waals surface area contributed by atoms with Crippen LogP contribution in [0, 0.1) is 0 Å². The lowest BCUT2D eigenvalue weighted by atomic mass is 9.72. The number of ketones is 1. The van der Waals surface area contributed by atoms with E-state index in [2.05, 4.69) is 4.98 Å². The molecule has 30 heavy (non-hydrogen) atoms. The molecule has 3 aromatic rings. The average molecular weight is 393 g/mol. The summed E-state index contributed by atoms with van der Waals surface area (Å²) in [7, 11) is 0. The topological polar surface area (TPSA) is 65.5 Å². The second kappa shape index (κ2) is 6.00. The number of rotatable bonds is 1. The quantitative estimate of drug-likeness (QED) is 0.580. The predicted molar refractivity (Wildman–Crippen MR) is 109 cm³/mol. The summed E-state index contributed by atoms with van der Waals surface area (Å²) in [5.74, 6) is 0.482. The predicted octanol–water partition coefficient (Wildman–Crippen LogP) is 4.20. The van der Waals surface area contributed by atoms with Gasteiger partial charge in [0.15, 0.2) is 11.4 Å². The van der Waals surface area contributed by atoms with E-state index in [4.69, 9.17) is 9.47 Å². The number of hydrogen-bond acceptors (Lipinski definition) is 5. The van der Waals surface area contributed by atoms with E-state index in [1.807, 2.05) is 60.7 Å². The molecule has 6 rings (SSSR count). The Hall–Kier alpha value is -3.99. The monoisotopic (exact) mass is 393 g/mol. The smallest absolute Gasteiger partial charge is 0.340 e. The van der Waals surface area contributed by atoms with Crippen LogP contribution in [0.3, 0.4) is 0 Å². The number of aromatic nitrogens is 1. The third-order valence-corrected chi connectivity index (χ3v) is 5.78. The molecule has 5 nitrogen and oxygen atoms in total. The van der Waals surface area contributed by atoms with Crippen molar-refractivity contribution in [3.05, 3.63) is 113 Å². The van der Waals surface area contributed by atoms with Gasteiger partial charge >= 0.3 is 5.97 Å². The average Bonchev–Trinajstić information content (AvgIpc) is 3.07. The number of pyridine rings is 1. The largest absolute Gasteiger partial charge is 0.456 e. The molecular formula is C25H15NO4. The first kappa shape index (κ1) is 16.9. The molecule has 1 atom stereocenters. The highest BCUT2D eigenvalue weighted by Crippen LogP contribution is 2.57. The number of allylic oxidation sites excluding steroid dienone is 2. The summed E-state index contributed by atoms with van der Waals surface area (Å²) in [6.45, 7) is 0. The Bertz CT molecular complexity index is 1310. The van der Waals surface area contributed by atoms with Gasteiger partial charge in [-0.25, -0.2) is 4.79 Å². The zero-order valence-electron chi connectivity index (χ0n) is 15.8. The minimum Gasteiger partial charge on any atom is -0.456 e. The molecule has 3 aliphatic rings. The maximum atomic E-state index is 12.9. The number of carbonyl (C=O) groups excluding carboxylic acids is 2. The van der Waals surface area contributed by atoms with Gasteiger partial charge < -0.3 is 9.47 Å². The Labute approximate surface area is 172 Å². The molecule has 0 amide bonds. The van der Waals surface area contributed by atoms with Gasteiger partial charge in [0.25, 0.3) is 0 Å². The van der Waals surface area contributed by atoms with Crippen LogP contribution in [-0.4, -0.2) is 16.7 Å². The van der Waals surface area contributed by atoms with Gasteiger partial charge in [-0.3, -0.25) is 9.78 Å². The minimum atomic E-state index is -1.19. The van der Waals surface area contributed by atoms with Crippen molar-refractivity contribution < 1.29 is 19.1 Å². The van der Waals surface area contributed by atoms with Crippen molar-refractivity contribution in [3.63, 3.8) is 0 Å². The van der Waals surface area contributed by atoms with Crippen LogP contribution in [0.25, 0.3) is 5.57 Å².